The van der Waals surface area contributed by atoms with Crippen LogP contribution in [0.5, 0.6) is 0 Å². The number of para-hydroxylation sites is 1. The molecule has 0 aliphatic heterocycles. The lowest BCUT2D eigenvalue weighted by Gasteiger charge is -2.09. The van der Waals surface area contributed by atoms with Crippen LogP contribution in [0, 0.1) is 0 Å². The maximum atomic E-state index is 13.3. The normalized spacial score (nSPS) is 11.2. The van der Waals surface area contributed by atoms with E-state index in [9.17, 15) is 4.79 Å². The Labute approximate surface area is 191 Å². The number of hydrogen-bond donors (Lipinski definition) is 1. The molecule has 3 aromatic carbocycles. The summed E-state index contributed by atoms with van der Waals surface area (Å²) >= 11 is 1.52. The molecule has 158 valence electrons. The van der Waals surface area contributed by atoms with Crippen molar-refractivity contribution in [3.8, 4) is 11.3 Å². The van der Waals surface area contributed by atoms with Crippen molar-refractivity contribution in [1.82, 2.24) is 9.97 Å². The molecule has 5 aromatic rings. The SMILES string of the molecule is CCCCc1ccc2nc(NC(=O)c3cc(-c4ccccc4)nc4ccccc34)sc2c1. The highest BCUT2D eigenvalue weighted by molar-refractivity contribution is 7.22. The fraction of sp³-hybridized carbons (Fsp3) is 0.148. The van der Waals surface area contributed by atoms with Crippen LogP contribution in [0.2, 0.25) is 0 Å². The number of fused-ring (bicyclic) bond motifs is 2. The molecule has 0 aliphatic carbocycles. The van der Waals surface area contributed by atoms with E-state index >= 15 is 0 Å². The maximum Gasteiger partial charge on any atom is 0.258 e. The van der Waals surface area contributed by atoms with Gasteiger partial charge in [0, 0.05) is 10.9 Å². The summed E-state index contributed by atoms with van der Waals surface area (Å²) in [6.45, 7) is 2.20. The van der Waals surface area contributed by atoms with Gasteiger partial charge in [-0.3, -0.25) is 10.1 Å². The maximum absolute atomic E-state index is 13.3. The van der Waals surface area contributed by atoms with Crippen molar-refractivity contribution < 1.29 is 4.79 Å². The monoisotopic (exact) mass is 437 g/mol. The van der Waals surface area contributed by atoms with Gasteiger partial charge in [-0.15, -0.1) is 0 Å². The Kier molecular flexibility index (Phi) is 5.65. The number of nitrogens with one attached hydrogen (secondary N) is 1. The van der Waals surface area contributed by atoms with E-state index in [0.717, 1.165) is 38.8 Å². The van der Waals surface area contributed by atoms with Crippen LogP contribution >= 0.6 is 11.3 Å². The summed E-state index contributed by atoms with van der Waals surface area (Å²) in [5.41, 5.74) is 5.37. The zero-order valence-corrected chi connectivity index (χ0v) is 18.7. The van der Waals surface area contributed by atoms with Gasteiger partial charge in [0.05, 0.1) is 27.0 Å². The molecule has 0 fully saturated rings. The van der Waals surface area contributed by atoms with Gasteiger partial charge in [-0.25, -0.2) is 9.97 Å². The molecule has 4 nitrogen and oxygen atoms in total. The molecule has 1 N–H and O–H groups in total. The molecule has 2 heterocycles. The van der Waals surface area contributed by atoms with E-state index in [1.54, 1.807) is 0 Å². The minimum atomic E-state index is -0.175. The molecule has 0 saturated carbocycles. The van der Waals surface area contributed by atoms with Crippen LogP contribution in [-0.4, -0.2) is 15.9 Å². The summed E-state index contributed by atoms with van der Waals surface area (Å²) < 4.78 is 1.10. The number of nitrogens with zero attached hydrogens (tertiary/aromatic N) is 2. The number of rotatable bonds is 6. The topological polar surface area (TPSA) is 54.9 Å². The van der Waals surface area contributed by atoms with Crippen molar-refractivity contribution in [2.75, 3.05) is 5.32 Å². The zero-order chi connectivity index (χ0) is 21.9. The van der Waals surface area contributed by atoms with Crippen molar-refractivity contribution in [2.24, 2.45) is 0 Å². The van der Waals surface area contributed by atoms with Gasteiger partial charge in [-0.2, -0.15) is 0 Å². The largest absolute Gasteiger partial charge is 0.298 e. The highest BCUT2D eigenvalue weighted by atomic mass is 32.1. The first-order chi connectivity index (χ1) is 15.7. The highest BCUT2D eigenvalue weighted by Crippen LogP contribution is 2.29. The number of benzene rings is 3. The molecular formula is C27H23N3OS. The van der Waals surface area contributed by atoms with Gasteiger partial charge in [0.15, 0.2) is 5.13 Å². The molecule has 0 atom stereocenters. The predicted molar refractivity (Wildman–Crippen MR) is 133 cm³/mol. The second-order valence-electron chi connectivity index (χ2n) is 7.82. The van der Waals surface area contributed by atoms with Crippen LogP contribution in [0.25, 0.3) is 32.4 Å². The molecule has 32 heavy (non-hydrogen) atoms. The average Bonchev–Trinajstić information content (AvgIpc) is 3.24. The third-order valence-electron chi connectivity index (χ3n) is 5.52. The molecule has 0 spiro atoms. The predicted octanol–water partition coefficient (Wildman–Crippen LogP) is 7.11. The summed E-state index contributed by atoms with van der Waals surface area (Å²) in [6.07, 6.45) is 3.41. The van der Waals surface area contributed by atoms with Gasteiger partial charge in [0.25, 0.3) is 5.91 Å². The Hall–Kier alpha value is -3.57. The number of hydrogen-bond acceptors (Lipinski definition) is 4. The summed E-state index contributed by atoms with van der Waals surface area (Å²) in [4.78, 5) is 22.7. The third-order valence-corrected chi connectivity index (χ3v) is 6.46. The molecule has 0 unspecified atom stereocenters. The number of anilines is 1. The fourth-order valence-corrected chi connectivity index (χ4v) is 4.77. The number of thiazole rings is 1. The van der Waals surface area contributed by atoms with E-state index in [4.69, 9.17) is 4.98 Å². The Morgan fingerprint density at radius 3 is 2.56 bits per heavy atom. The minimum absolute atomic E-state index is 0.175. The van der Waals surface area contributed by atoms with Gasteiger partial charge >= 0.3 is 0 Å². The number of pyridine rings is 1. The summed E-state index contributed by atoms with van der Waals surface area (Å²) in [7, 11) is 0. The minimum Gasteiger partial charge on any atom is -0.298 e. The van der Waals surface area contributed by atoms with Crippen LogP contribution in [-0.2, 0) is 6.42 Å². The van der Waals surface area contributed by atoms with E-state index in [0.29, 0.717) is 10.7 Å². The Bertz CT molecular complexity index is 1410. The molecule has 0 radical (unpaired) electrons. The van der Waals surface area contributed by atoms with Gasteiger partial charge in [-0.05, 0) is 42.7 Å². The highest BCUT2D eigenvalue weighted by Gasteiger charge is 2.16. The summed E-state index contributed by atoms with van der Waals surface area (Å²) in [5.74, 6) is -0.175. The van der Waals surface area contributed by atoms with E-state index in [1.807, 2.05) is 66.7 Å². The lowest BCUT2D eigenvalue weighted by molar-refractivity contribution is 0.102. The lowest BCUT2D eigenvalue weighted by Crippen LogP contribution is -2.13. The Morgan fingerprint density at radius 1 is 0.906 bits per heavy atom. The third kappa shape index (κ3) is 4.12. The van der Waals surface area contributed by atoms with Gasteiger partial charge in [0.2, 0.25) is 0 Å². The van der Waals surface area contributed by atoms with Crippen LogP contribution < -0.4 is 5.32 Å². The fourth-order valence-electron chi connectivity index (χ4n) is 3.84. The second kappa shape index (κ2) is 8.89. The van der Waals surface area contributed by atoms with Gasteiger partial charge < -0.3 is 0 Å². The Balaban J connectivity index is 1.49. The smallest absolute Gasteiger partial charge is 0.258 e. The van der Waals surface area contributed by atoms with Crippen molar-refractivity contribution in [3.05, 3.63) is 90.0 Å². The number of unbranched alkanes of at least 4 members (excludes halogenated alkanes) is 1. The molecule has 5 rings (SSSR count). The van der Waals surface area contributed by atoms with E-state index in [2.05, 4.69) is 29.4 Å². The second-order valence-corrected chi connectivity index (χ2v) is 8.85. The number of aromatic nitrogens is 2. The van der Waals surface area contributed by atoms with E-state index in [1.165, 1.54) is 29.7 Å². The van der Waals surface area contributed by atoms with Crippen molar-refractivity contribution in [1.29, 1.82) is 0 Å². The zero-order valence-electron chi connectivity index (χ0n) is 17.8. The van der Waals surface area contributed by atoms with Crippen molar-refractivity contribution >= 4 is 43.5 Å². The van der Waals surface area contributed by atoms with Crippen LogP contribution in [0.3, 0.4) is 0 Å². The number of carbonyl (C=O) groups excluding carboxylic acids is 1. The van der Waals surface area contributed by atoms with E-state index in [-0.39, 0.29) is 5.91 Å². The quantitative estimate of drug-likeness (QED) is 0.308. The molecule has 0 saturated heterocycles. The summed E-state index contributed by atoms with van der Waals surface area (Å²) in [5, 5.41) is 4.46. The number of amides is 1. The standard InChI is InChI=1S/C27H23N3OS/c1-2-3-9-18-14-15-23-25(16-18)32-27(29-23)30-26(31)21-17-24(19-10-5-4-6-11-19)28-22-13-8-7-12-20(21)22/h4-8,10-17H,2-3,9H2,1H3,(H,29,30,31). The molecular weight excluding hydrogens is 414 g/mol. The van der Waals surface area contributed by atoms with E-state index < -0.39 is 0 Å². The molecule has 0 bridgehead atoms. The molecule has 0 aliphatic rings. The van der Waals surface area contributed by atoms with Crippen LogP contribution in [0.4, 0.5) is 5.13 Å². The first-order valence-electron chi connectivity index (χ1n) is 10.9. The molecule has 5 heteroatoms. The first-order valence-corrected chi connectivity index (χ1v) is 11.7. The first kappa shape index (κ1) is 20.3. The Morgan fingerprint density at radius 2 is 1.72 bits per heavy atom. The molecule has 2 aromatic heterocycles. The van der Waals surface area contributed by atoms with Crippen molar-refractivity contribution in [2.45, 2.75) is 26.2 Å². The number of carbonyl (C=O) groups is 1. The lowest BCUT2D eigenvalue weighted by atomic mass is 10.0. The van der Waals surface area contributed by atoms with Crippen LogP contribution in [0.15, 0.2) is 78.9 Å². The van der Waals surface area contributed by atoms with Crippen molar-refractivity contribution in [3.63, 3.8) is 0 Å². The van der Waals surface area contributed by atoms with Gasteiger partial charge in [-0.1, -0.05) is 79.3 Å². The number of aryl methyl sites for hydroxylation is 1. The van der Waals surface area contributed by atoms with Gasteiger partial charge in [0.1, 0.15) is 0 Å². The molecule has 1 amide bonds. The summed E-state index contributed by atoms with van der Waals surface area (Å²) in [6, 6.07) is 25.9. The average molecular weight is 438 g/mol. The van der Waals surface area contributed by atoms with Crippen LogP contribution in [0.1, 0.15) is 35.7 Å².